The maximum atomic E-state index is 12.2. The van der Waals surface area contributed by atoms with Crippen molar-refractivity contribution in [3.8, 4) is 0 Å². The Labute approximate surface area is 127 Å². The maximum Gasteiger partial charge on any atom is 0.222 e. The van der Waals surface area contributed by atoms with Crippen LogP contribution in [0.3, 0.4) is 0 Å². The number of carbonyl (C=O) groups excluding carboxylic acids is 2. The van der Waals surface area contributed by atoms with Crippen molar-refractivity contribution in [3.05, 3.63) is 0 Å². The Balaban J connectivity index is 1.64. The topological polar surface area (TPSA) is 75.4 Å². The summed E-state index contributed by atoms with van der Waals surface area (Å²) < 4.78 is 0. The van der Waals surface area contributed by atoms with E-state index in [-0.39, 0.29) is 17.9 Å². The van der Waals surface area contributed by atoms with Gasteiger partial charge in [0, 0.05) is 38.5 Å². The van der Waals surface area contributed by atoms with Gasteiger partial charge in [-0.1, -0.05) is 0 Å². The van der Waals surface area contributed by atoms with Gasteiger partial charge in [0.2, 0.25) is 11.8 Å². The van der Waals surface area contributed by atoms with Crippen molar-refractivity contribution >= 4 is 11.8 Å². The SMILES string of the molecule is CC(=O)NC1CCN(C(=O)CCC2CCC(N)CC2)CC1. The van der Waals surface area contributed by atoms with Gasteiger partial charge in [-0.15, -0.1) is 0 Å². The fourth-order valence-electron chi connectivity index (χ4n) is 3.52. The highest BCUT2D eigenvalue weighted by Crippen LogP contribution is 2.27. The van der Waals surface area contributed by atoms with Crippen LogP contribution < -0.4 is 11.1 Å². The molecule has 0 aromatic heterocycles. The van der Waals surface area contributed by atoms with Gasteiger partial charge in [-0.3, -0.25) is 9.59 Å². The number of nitrogens with one attached hydrogen (secondary N) is 1. The van der Waals surface area contributed by atoms with E-state index in [0.29, 0.717) is 18.4 Å². The normalized spacial score (nSPS) is 27.4. The number of amides is 2. The standard InChI is InChI=1S/C16H29N3O2/c1-12(20)18-15-8-10-19(11-9-15)16(21)7-4-13-2-5-14(17)6-3-13/h13-15H,2-11,17H2,1H3,(H,18,20). The van der Waals surface area contributed by atoms with Gasteiger partial charge in [0.15, 0.2) is 0 Å². The zero-order chi connectivity index (χ0) is 15.2. The first-order chi connectivity index (χ1) is 10.0. The minimum absolute atomic E-state index is 0.0234. The summed E-state index contributed by atoms with van der Waals surface area (Å²) >= 11 is 0. The average molecular weight is 295 g/mol. The largest absolute Gasteiger partial charge is 0.353 e. The molecule has 1 aliphatic heterocycles. The van der Waals surface area contributed by atoms with Crippen LogP contribution in [0.15, 0.2) is 0 Å². The second-order valence-corrected chi connectivity index (χ2v) is 6.68. The molecule has 2 amide bonds. The molecule has 120 valence electrons. The van der Waals surface area contributed by atoms with Crippen LogP contribution >= 0.6 is 0 Å². The Bertz CT molecular complexity index is 357. The van der Waals surface area contributed by atoms with Crippen LogP contribution in [0.1, 0.15) is 58.3 Å². The Morgan fingerprint density at radius 3 is 2.29 bits per heavy atom. The van der Waals surface area contributed by atoms with Crippen molar-refractivity contribution in [2.45, 2.75) is 70.4 Å². The minimum atomic E-state index is 0.0234. The van der Waals surface area contributed by atoms with Crippen LogP contribution in [0.4, 0.5) is 0 Å². The average Bonchev–Trinajstić information content (AvgIpc) is 2.46. The van der Waals surface area contributed by atoms with Gasteiger partial charge >= 0.3 is 0 Å². The zero-order valence-corrected chi connectivity index (χ0v) is 13.1. The highest BCUT2D eigenvalue weighted by molar-refractivity contribution is 5.76. The van der Waals surface area contributed by atoms with Crippen molar-refractivity contribution in [2.24, 2.45) is 11.7 Å². The molecule has 0 aromatic rings. The molecule has 2 fully saturated rings. The summed E-state index contributed by atoms with van der Waals surface area (Å²) in [6.07, 6.45) is 8.02. The first-order valence-corrected chi connectivity index (χ1v) is 8.35. The Morgan fingerprint density at radius 2 is 1.71 bits per heavy atom. The second kappa shape index (κ2) is 7.78. The lowest BCUT2D eigenvalue weighted by Crippen LogP contribution is -2.46. The number of hydrogen-bond donors (Lipinski definition) is 2. The van der Waals surface area contributed by atoms with Crippen molar-refractivity contribution in [3.63, 3.8) is 0 Å². The molecule has 2 aliphatic rings. The molecule has 0 atom stereocenters. The molecular formula is C16H29N3O2. The molecular weight excluding hydrogens is 266 g/mol. The third-order valence-electron chi connectivity index (χ3n) is 4.91. The molecule has 0 unspecified atom stereocenters. The lowest BCUT2D eigenvalue weighted by Gasteiger charge is -2.33. The lowest BCUT2D eigenvalue weighted by atomic mass is 9.83. The first-order valence-electron chi connectivity index (χ1n) is 8.35. The number of piperidine rings is 1. The third-order valence-corrected chi connectivity index (χ3v) is 4.91. The van der Waals surface area contributed by atoms with Gasteiger partial charge in [0.25, 0.3) is 0 Å². The van der Waals surface area contributed by atoms with E-state index in [1.54, 1.807) is 6.92 Å². The van der Waals surface area contributed by atoms with Crippen molar-refractivity contribution in [2.75, 3.05) is 13.1 Å². The van der Waals surface area contributed by atoms with Crippen molar-refractivity contribution in [1.29, 1.82) is 0 Å². The van der Waals surface area contributed by atoms with Crippen LogP contribution in [0.25, 0.3) is 0 Å². The van der Waals surface area contributed by atoms with Crippen molar-refractivity contribution < 1.29 is 9.59 Å². The monoisotopic (exact) mass is 295 g/mol. The summed E-state index contributed by atoms with van der Waals surface area (Å²) in [7, 11) is 0. The molecule has 0 aromatic carbocycles. The van der Waals surface area contributed by atoms with Gasteiger partial charge in [0.05, 0.1) is 0 Å². The highest BCUT2D eigenvalue weighted by atomic mass is 16.2. The molecule has 21 heavy (non-hydrogen) atoms. The van der Waals surface area contributed by atoms with E-state index < -0.39 is 0 Å². The summed E-state index contributed by atoms with van der Waals surface area (Å²) in [4.78, 5) is 25.2. The van der Waals surface area contributed by atoms with Crippen LogP contribution in [-0.2, 0) is 9.59 Å². The zero-order valence-electron chi connectivity index (χ0n) is 13.1. The molecule has 5 heteroatoms. The van der Waals surface area contributed by atoms with Crippen LogP contribution in [0.5, 0.6) is 0 Å². The summed E-state index contributed by atoms with van der Waals surface area (Å²) in [5, 5.41) is 2.94. The van der Waals surface area contributed by atoms with Gasteiger partial charge in [-0.05, 0) is 50.9 Å². The molecule has 2 rings (SSSR count). The molecule has 0 radical (unpaired) electrons. The van der Waals surface area contributed by atoms with Crippen molar-refractivity contribution in [1.82, 2.24) is 10.2 Å². The summed E-state index contributed by atoms with van der Waals surface area (Å²) in [5.74, 6) is 0.993. The van der Waals surface area contributed by atoms with Gasteiger partial charge in [0.1, 0.15) is 0 Å². The van der Waals surface area contributed by atoms with Gasteiger partial charge in [-0.2, -0.15) is 0 Å². The number of carbonyl (C=O) groups is 2. The molecule has 1 aliphatic carbocycles. The van der Waals surface area contributed by atoms with E-state index in [2.05, 4.69) is 5.32 Å². The Morgan fingerprint density at radius 1 is 1.10 bits per heavy atom. The smallest absolute Gasteiger partial charge is 0.222 e. The van der Waals surface area contributed by atoms with Crippen LogP contribution in [0, 0.1) is 5.92 Å². The third kappa shape index (κ3) is 5.30. The maximum absolute atomic E-state index is 12.2. The summed E-state index contributed by atoms with van der Waals surface area (Å²) in [6.45, 7) is 3.10. The molecule has 1 saturated heterocycles. The molecule has 3 N–H and O–H groups in total. The lowest BCUT2D eigenvalue weighted by molar-refractivity contribution is -0.132. The molecule has 0 spiro atoms. The van der Waals surface area contributed by atoms with E-state index in [1.807, 2.05) is 4.90 Å². The summed E-state index contributed by atoms with van der Waals surface area (Å²) in [5.41, 5.74) is 5.91. The fraction of sp³-hybridized carbons (Fsp3) is 0.875. The molecule has 5 nitrogen and oxygen atoms in total. The quantitative estimate of drug-likeness (QED) is 0.823. The number of hydrogen-bond acceptors (Lipinski definition) is 3. The Kier molecular flexibility index (Phi) is 6.03. The minimum Gasteiger partial charge on any atom is -0.353 e. The van der Waals surface area contributed by atoms with Gasteiger partial charge in [-0.25, -0.2) is 0 Å². The van der Waals surface area contributed by atoms with Crippen LogP contribution in [-0.4, -0.2) is 41.9 Å². The fourth-order valence-corrected chi connectivity index (χ4v) is 3.52. The Hall–Kier alpha value is -1.10. The number of nitrogens with two attached hydrogens (primary N) is 1. The van der Waals surface area contributed by atoms with Crippen LogP contribution in [0.2, 0.25) is 0 Å². The molecule has 0 bridgehead atoms. The molecule has 1 heterocycles. The van der Waals surface area contributed by atoms with Gasteiger partial charge < -0.3 is 16.0 Å². The molecule has 1 saturated carbocycles. The van der Waals surface area contributed by atoms with E-state index in [1.165, 1.54) is 12.8 Å². The van der Waals surface area contributed by atoms with E-state index in [9.17, 15) is 9.59 Å². The number of rotatable bonds is 4. The number of likely N-dealkylation sites (tertiary alicyclic amines) is 1. The summed E-state index contributed by atoms with van der Waals surface area (Å²) in [6, 6.07) is 0.621. The predicted molar refractivity (Wildman–Crippen MR) is 82.6 cm³/mol. The predicted octanol–water partition coefficient (Wildman–Crippen LogP) is 1.41. The van der Waals surface area contributed by atoms with E-state index in [0.717, 1.165) is 45.2 Å². The highest BCUT2D eigenvalue weighted by Gasteiger charge is 2.24. The van der Waals surface area contributed by atoms with E-state index >= 15 is 0 Å². The first kappa shape index (κ1) is 16.3. The second-order valence-electron chi connectivity index (χ2n) is 6.68. The van der Waals surface area contributed by atoms with E-state index in [4.69, 9.17) is 5.73 Å². The number of nitrogens with zero attached hydrogens (tertiary/aromatic N) is 1.